The van der Waals surface area contributed by atoms with Crippen molar-refractivity contribution in [1.29, 1.82) is 0 Å². The van der Waals surface area contributed by atoms with Gasteiger partial charge in [-0.05, 0) is 33.3 Å². The van der Waals surface area contributed by atoms with Crippen LogP contribution in [0.25, 0.3) is 0 Å². The summed E-state index contributed by atoms with van der Waals surface area (Å²) in [6, 6.07) is 16.5. The first-order valence-corrected chi connectivity index (χ1v) is 8.78. The van der Waals surface area contributed by atoms with E-state index in [1.165, 1.54) is 4.90 Å². The Hall–Kier alpha value is -2.62. The highest BCUT2D eigenvalue weighted by molar-refractivity contribution is 6.01. The van der Waals surface area contributed by atoms with E-state index in [1.54, 1.807) is 19.2 Å². The number of hydrogen-bond acceptors (Lipinski definition) is 3. The minimum absolute atomic E-state index is 0.0952. The molecule has 2 aromatic rings. The molecule has 0 bridgehead atoms. The van der Waals surface area contributed by atoms with E-state index in [2.05, 4.69) is 0 Å². The van der Waals surface area contributed by atoms with Crippen molar-refractivity contribution in [3.8, 4) is 0 Å². The molecule has 26 heavy (non-hydrogen) atoms. The predicted octanol–water partition coefficient (Wildman–Crippen LogP) is 4.66. The summed E-state index contributed by atoms with van der Waals surface area (Å²) >= 11 is 0. The number of likely N-dealkylation sites (N-methyl/N-ethyl adjacent to an activating group) is 1. The van der Waals surface area contributed by atoms with Gasteiger partial charge in [-0.25, -0.2) is 4.79 Å². The molecule has 0 saturated carbocycles. The molecule has 0 spiro atoms. The van der Waals surface area contributed by atoms with Gasteiger partial charge in [0.2, 0.25) is 0 Å². The Labute approximate surface area is 155 Å². The molecule has 2 aromatic carbocycles. The van der Waals surface area contributed by atoms with Crippen molar-refractivity contribution in [1.82, 2.24) is 4.90 Å². The Morgan fingerprint density at radius 3 is 2.12 bits per heavy atom. The Morgan fingerprint density at radius 1 is 1.00 bits per heavy atom. The maximum Gasteiger partial charge on any atom is 0.410 e. The van der Waals surface area contributed by atoms with Crippen LogP contribution in [0.4, 0.5) is 4.79 Å². The smallest absolute Gasteiger partial charge is 0.410 e. The van der Waals surface area contributed by atoms with E-state index in [1.807, 2.05) is 70.2 Å². The summed E-state index contributed by atoms with van der Waals surface area (Å²) in [5, 5.41) is 0. The van der Waals surface area contributed by atoms with E-state index >= 15 is 0 Å². The largest absolute Gasteiger partial charge is 0.444 e. The number of hydrogen-bond donors (Lipinski definition) is 0. The van der Waals surface area contributed by atoms with Gasteiger partial charge in [-0.3, -0.25) is 4.79 Å². The van der Waals surface area contributed by atoms with Crippen LogP contribution in [-0.2, 0) is 11.2 Å². The van der Waals surface area contributed by atoms with Gasteiger partial charge in [0.25, 0.3) is 0 Å². The molecule has 0 radical (unpaired) electrons. The summed E-state index contributed by atoms with van der Waals surface area (Å²) in [5.41, 5.74) is 2.05. The number of amides is 1. The fourth-order valence-corrected chi connectivity index (χ4v) is 2.61. The number of carbonyl (C=O) groups is 2. The number of nitrogens with zero attached hydrogens (tertiary/aromatic N) is 1. The number of ether oxygens (including phenoxy) is 1. The lowest BCUT2D eigenvalue weighted by molar-refractivity contribution is 0.0217. The third kappa shape index (κ3) is 5.45. The quantitative estimate of drug-likeness (QED) is 0.735. The molecule has 4 heteroatoms. The van der Waals surface area contributed by atoms with Gasteiger partial charge >= 0.3 is 6.09 Å². The van der Waals surface area contributed by atoms with Crippen molar-refractivity contribution in [2.75, 3.05) is 7.05 Å². The monoisotopic (exact) mass is 353 g/mol. The minimum Gasteiger partial charge on any atom is -0.444 e. The molecule has 2 rings (SSSR count). The molecule has 0 heterocycles. The molecule has 1 amide bonds. The van der Waals surface area contributed by atoms with E-state index in [0.29, 0.717) is 12.0 Å². The summed E-state index contributed by atoms with van der Waals surface area (Å²) in [5.74, 6) is -0.0952. The van der Waals surface area contributed by atoms with E-state index in [9.17, 15) is 9.59 Å². The van der Waals surface area contributed by atoms with E-state index in [-0.39, 0.29) is 5.78 Å². The summed E-state index contributed by atoms with van der Waals surface area (Å²) < 4.78 is 5.46. The molecule has 138 valence electrons. The lowest BCUT2D eigenvalue weighted by Crippen LogP contribution is -2.46. The van der Waals surface area contributed by atoms with Crippen LogP contribution in [0.15, 0.2) is 54.6 Å². The van der Waals surface area contributed by atoms with Gasteiger partial charge in [0, 0.05) is 19.0 Å². The van der Waals surface area contributed by atoms with Crippen LogP contribution in [-0.4, -0.2) is 35.5 Å². The molecule has 0 N–H and O–H groups in total. The highest BCUT2D eigenvalue weighted by Crippen LogP contribution is 2.18. The zero-order valence-corrected chi connectivity index (χ0v) is 16.2. The molecule has 1 unspecified atom stereocenters. The first-order valence-electron chi connectivity index (χ1n) is 8.78. The molecular formula is C22H27NO3. The van der Waals surface area contributed by atoms with Crippen molar-refractivity contribution < 1.29 is 14.3 Å². The van der Waals surface area contributed by atoms with Crippen molar-refractivity contribution in [3.63, 3.8) is 0 Å². The van der Waals surface area contributed by atoms with Crippen LogP contribution in [0.5, 0.6) is 0 Å². The number of benzene rings is 2. The van der Waals surface area contributed by atoms with Crippen molar-refractivity contribution in [3.05, 3.63) is 71.3 Å². The second kappa shape index (κ2) is 8.17. The number of ketones is 1. The fraction of sp³-hybridized carbons (Fsp3) is 0.364. The highest BCUT2D eigenvalue weighted by atomic mass is 16.6. The molecular weight excluding hydrogens is 326 g/mol. The Kier molecular flexibility index (Phi) is 6.19. The first kappa shape index (κ1) is 19.7. The third-order valence-corrected chi connectivity index (χ3v) is 4.06. The van der Waals surface area contributed by atoms with Gasteiger partial charge in [0.15, 0.2) is 5.78 Å². The second-order valence-electron chi connectivity index (χ2n) is 7.53. The van der Waals surface area contributed by atoms with Crippen molar-refractivity contribution in [2.45, 2.75) is 45.8 Å². The van der Waals surface area contributed by atoms with Crippen LogP contribution in [0, 0.1) is 6.92 Å². The van der Waals surface area contributed by atoms with Gasteiger partial charge in [-0.1, -0.05) is 60.2 Å². The average Bonchev–Trinajstić information content (AvgIpc) is 2.58. The molecule has 4 nitrogen and oxygen atoms in total. The highest BCUT2D eigenvalue weighted by Gasteiger charge is 2.31. The van der Waals surface area contributed by atoms with E-state index in [0.717, 1.165) is 11.1 Å². The van der Waals surface area contributed by atoms with Crippen LogP contribution in [0.2, 0.25) is 0 Å². The first-order chi connectivity index (χ1) is 12.2. The van der Waals surface area contributed by atoms with Crippen LogP contribution < -0.4 is 0 Å². The maximum absolute atomic E-state index is 13.1. The lowest BCUT2D eigenvalue weighted by atomic mass is 9.96. The Balaban J connectivity index is 2.30. The van der Waals surface area contributed by atoms with E-state index in [4.69, 9.17) is 4.74 Å². The number of rotatable bonds is 5. The Morgan fingerprint density at radius 2 is 1.58 bits per heavy atom. The standard InChI is InChI=1S/C22H27NO3/c1-16-11-13-18(14-12-16)20(24)19(15-17-9-7-6-8-10-17)23(5)21(25)26-22(2,3)4/h6-14,19H,15H2,1-5H3. The van der Waals surface area contributed by atoms with Crippen LogP contribution >= 0.6 is 0 Å². The predicted molar refractivity (Wildman–Crippen MR) is 103 cm³/mol. The summed E-state index contributed by atoms with van der Waals surface area (Å²) in [4.78, 5) is 27.1. The summed E-state index contributed by atoms with van der Waals surface area (Å²) in [6.07, 6.45) is -0.0672. The topological polar surface area (TPSA) is 46.6 Å². The van der Waals surface area contributed by atoms with Crippen LogP contribution in [0.3, 0.4) is 0 Å². The number of Topliss-reactive ketones (excluding diaryl/α,β-unsaturated/α-hetero) is 1. The maximum atomic E-state index is 13.1. The SMILES string of the molecule is Cc1ccc(C(=O)C(Cc2ccccc2)N(C)C(=O)OC(C)(C)C)cc1. The molecule has 0 fully saturated rings. The number of carbonyl (C=O) groups excluding carboxylic acids is 2. The minimum atomic E-state index is -0.630. The Bertz CT molecular complexity index is 745. The molecule has 0 aliphatic heterocycles. The average molecular weight is 353 g/mol. The normalized spacial score (nSPS) is 12.3. The van der Waals surface area contributed by atoms with Gasteiger partial charge in [-0.15, -0.1) is 0 Å². The van der Waals surface area contributed by atoms with Gasteiger partial charge in [-0.2, -0.15) is 0 Å². The molecule has 1 atom stereocenters. The van der Waals surface area contributed by atoms with Crippen molar-refractivity contribution >= 4 is 11.9 Å². The number of aryl methyl sites for hydroxylation is 1. The zero-order valence-electron chi connectivity index (χ0n) is 16.2. The van der Waals surface area contributed by atoms with Crippen LogP contribution in [0.1, 0.15) is 42.3 Å². The summed E-state index contributed by atoms with van der Waals surface area (Å²) in [6.45, 7) is 7.41. The second-order valence-corrected chi connectivity index (χ2v) is 7.53. The third-order valence-electron chi connectivity index (χ3n) is 4.06. The lowest BCUT2D eigenvalue weighted by Gasteiger charge is -2.30. The summed E-state index contributed by atoms with van der Waals surface area (Å²) in [7, 11) is 1.62. The van der Waals surface area contributed by atoms with Gasteiger partial charge in [0.1, 0.15) is 11.6 Å². The molecule has 0 aliphatic carbocycles. The molecule has 0 aliphatic rings. The molecule has 0 saturated heterocycles. The fourth-order valence-electron chi connectivity index (χ4n) is 2.61. The molecule has 0 aromatic heterocycles. The van der Waals surface area contributed by atoms with Crippen molar-refractivity contribution in [2.24, 2.45) is 0 Å². The zero-order chi connectivity index (χ0) is 19.3. The van der Waals surface area contributed by atoms with Gasteiger partial charge < -0.3 is 9.64 Å². The van der Waals surface area contributed by atoms with E-state index < -0.39 is 17.7 Å². The van der Waals surface area contributed by atoms with Gasteiger partial charge in [0.05, 0.1) is 0 Å².